The third-order valence-corrected chi connectivity index (χ3v) is 7.20. The lowest BCUT2D eigenvalue weighted by molar-refractivity contribution is -0.116. The summed E-state index contributed by atoms with van der Waals surface area (Å²) in [4.78, 5) is 12.9. The van der Waals surface area contributed by atoms with Gasteiger partial charge in [0.15, 0.2) is 9.84 Å². The van der Waals surface area contributed by atoms with Crippen LogP contribution in [0.25, 0.3) is 0 Å². The van der Waals surface area contributed by atoms with Crippen molar-refractivity contribution >= 4 is 27.1 Å². The second-order valence-corrected chi connectivity index (χ2v) is 9.90. The molecule has 7 heteroatoms. The zero-order chi connectivity index (χ0) is 19.8. The van der Waals surface area contributed by atoms with Gasteiger partial charge in [-0.05, 0) is 31.0 Å². The molecule has 0 aromatic heterocycles. The van der Waals surface area contributed by atoms with Crippen LogP contribution in [0.5, 0.6) is 0 Å². The Hall–Kier alpha value is -2.67. The molecule has 0 bridgehead atoms. The number of hydrogen-bond donors (Lipinski definition) is 1. The molecule has 1 saturated heterocycles. The lowest BCUT2D eigenvalue weighted by atomic mass is 9.99. The van der Waals surface area contributed by atoms with E-state index in [-0.39, 0.29) is 23.5 Å². The van der Waals surface area contributed by atoms with E-state index in [1.807, 2.05) is 65.7 Å². The minimum atomic E-state index is -3.10. The maximum atomic E-state index is 12.9. The molecule has 2 aromatic rings. The molecule has 2 aromatic carbocycles. The summed E-state index contributed by atoms with van der Waals surface area (Å²) in [6.45, 7) is 1.79. The first kappa shape index (κ1) is 18.7. The Labute approximate surface area is 165 Å². The highest BCUT2D eigenvalue weighted by Crippen LogP contribution is 2.35. The molecule has 2 atom stereocenters. The van der Waals surface area contributed by atoms with E-state index < -0.39 is 15.4 Å². The number of para-hydroxylation sites is 1. The molecule has 2 unspecified atom stereocenters. The Morgan fingerprint density at radius 1 is 1.11 bits per heavy atom. The van der Waals surface area contributed by atoms with E-state index in [0.29, 0.717) is 18.6 Å². The van der Waals surface area contributed by atoms with E-state index in [1.165, 1.54) is 0 Å². The van der Waals surface area contributed by atoms with Crippen LogP contribution >= 0.6 is 0 Å². The van der Waals surface area contributed by atoms with Gasteiger partial charge in [-0.2, -0.15) is 5.10 Å². The molecule has 1 N–H and O–H groups in total. The minimum Gasteiger partial charge on any atom is -0.345 e. The quantitative estimate of drug-likeness (QED) is 0.860. The number of carbonyl (C=O) groups is 1. The van der Waals surface area contributed by atoms with Crippen molar-refractivity contribution < 1.29 is 13.2 Å². The molecule has 0 spiro atoms. The van der Waals surface area contributed by atoms with Gasteiger partial charge >= 0.3 is 0 Å². The van der Waals surface area contributed by atoms with Gasteiger partial charge in [0.25, 0.3) is 5.91 Å². The van der Waals surface area contributed by atoms with Gasteiger partial charge < -0.3 is 5.32 Å². The second-order valence-electron chi connectivity index (χ2n) is 7.71. The summed E-state index contributed by atoms with van der Waals surface area (Å²) in [5, 5.41) is 9.41. The molecule has 6 nitrogen and oxygen atoms in total. The molecule has 146 valence electrons. The average molecular weight is 398 g/mol. The standard InChI is InChI=1S/C21H23N3O3S/c1-21(12-13-28(26,27)15-21)22-20(25)18-14-19(16-8-4-2-5-9-16)24(23-18)17-10-6-3-7-11-17/h2-11,19H,12-15H2,1H3,(H,22,25). The molecule has 0 radical (unpaired) electrons. The first-order valence-corrected chi connectivity index (χ1v) is 11.2. The fraction of sp³-hybridized carbons (Fsp3) is 0.333. The molecule has 28 heavy (non-hydrogen) atoms. The van der Waals surface area contributed by atoms with Crippen LogP contribution in [0.3, 0.4) is 0 Å². The Morgan fingerprint density at radius 3 is 2.36 bits per heavy atom. The van der Waals surface area contributed by atoms with Crippen LogP contribution in [-0.4, -0.2) is 37.1 Å². The summed E-state index contributed by atoms with van der Waals surface area (Å²) in [6.07, 6.45) is 0.895. The van der Waals surface area contributed by atoms with Crippen molar-refractivity contribution in [1.82, 2.24) is 5.32 Å². The van der Waals surface area contributed by atoms with Crippen LogP contribution in [0.15, 0.2) is 65.8 Å². The fourth-order valence-electron chi connectivity index (χ4n) is 3.86. The highest BCUT2D eigenvalue weighted by Gasteiger charge is 2.41. The summed E-state index contributed by atoms with van der Waals surface area (Å²) in [7, 11) is -3.10. The smallest absolute Gasteiger partial charge is 0.268 e. The van der Waals surface area contributed by atoms with Gasteiger partial charge in [-0.1, -0.05) is 48.5 Å². The first-order valence-electron chi connectivity index (χ1n) is 9.35. The van der Waals surface area contributed by atoms with Gasteiger partial charge in [0, 0.05) is 6.42 Å². The minimum absolute atomic E-state index is 0.0243. The summed E-state index contributed by atoms with van der Waals surface area (Å²) >= 11 is 0. The fourth-order valence-corrected chi connectivity index (χ4v) is 5.95. The molecule has 0 saturated carbocycles. The average Bonchev–Trinajstić information content (AvgIpc) is 3.24. The topological polar surface area (TPSA) is 78.8 Å². The predicted molar refractivity (Wildman–Crippen MR) is 110 cm³/mol. The van der Waals surface area contributed by atoms with Gasteiger partial charge in [0.2, 0.25) is 0 Å². The van der Waals surface area contributed by atoms with Crippen molar-refractivity contribution in [1.29, 1.82) is 0 Å². The number of carbonyl (C=O) groups excluding carboxylic acids is 1. The van der Waals surface area contributed by atoms with Crippen molar-refractivity contribution in [2.75, 3.05) is 16.5 Å². The zero-order valence-corrected chi connectivity index (χ0v) is 16.5. The predicted octanol–water partition coefficient (Wildman–Crippen LogP) is 2.69. The number of hydrazone groups is 1. The molecule has 2 aliphatic heterocycles. The first-order chi connectivity index (χ1) is 13.4. The number of rotatable bonds is 4. The number of amides is 1. The van der Waals surface area contributed by atoms with E-state index in [0.717, 1.165) is 11.3 Å². The zero-order valence-electron chi connectivity index (χ0n) is 15.7. The van der Waals surface area contributed by atoms with Gasteiger partial charge in [0.1, 0.15) is 5.71 Å². The van der Waals surface area contributed by atoms with E-state index in [1.54, 1.807) is 6.92 Å². The van der Waals surface area contributed by atoms with E-state index in [4.69, 9.17) is 0 Å². The number of anilines is 1. The van der Waals surface area contributed by atoms with Crippen LogP contribution in [-0.2, 0) is 14.6 Å². The van der Waals surface area contributed by atoms with Crippen LogP contribution in [0.2, 0.25) is 0 Å². The molecule has 0 aliphatic carbocycles. The van der Waals surface area contributed by atoms with Crippen molar-refractivity contribution in [2.45, 2.75) is 31.3 Å². The van der Waals surface area contributed by atoms with Crippen LogP contribution in [0.4, 0.5) is 5.69 Å². The third kappa shape index (κ3) is 3.80. The van der Waals surface area contributed by atoms with E-state index in [9.17, 15) is 13.2 Å². The number of nitrogens with one attached hydrogen (secondary N) is 1. The lowest BCUT2D eigenvalue weighted by Crippen LogP contribution is -2.49. The van der Waals surface area contributed by atoms with Crippen LogP contribution in [0, 0.1) is 0 Å². The van der Waals surface area contributed by atoms with Gasteiger partial charge in [-0.25, -0.2) is 8.42 Å². The monoisotopic (exact) mass is 397 g/mol. The number of hydrogen-bond acceptors (Lipinski definition) is 5. The number of nitrogens with zero attached hydrogens (tertiary/aromatic N) is 2. The van der Waals surface area contributed by atoms with Crippen LogP contribution in [0.1, 0.15) is 31.4 Å². The summed E-state index contributed by atoms with van der Waals surface area (Å²) in [5.41, 5.74) is 1.67. The Bertz CT molecular complexity index is 1010. The maximum Gasteiger partial charge on any atom is 0.268 e. The summed E-state index contributed by atoms with van der Waals surface area (Å²) in [6, 6.07) is 19.6. The molecule has 4 rings (SSSR count). The van der Waals surface area contributed by atoms with Crippen molar-refractivity contribution in [3.05, 3.63) is 66.2 Å². The lowest BCUT2D eigenvalue weighted by Gasteiger charge is -2.24. The van der Waals surface area contributed by atoms with Crippen molar-refractivity contribution in [3.63, 3.8) is 0 Å². The highest BCUT2D eigenvalue weighted by molar-refractivity contribution is 7.91. The van der Waals surface area contributed by atoms with E-state index in [2.05, 4.69) is 10.4 Å². The SMILES string of the molecule is CC1(NC(=O)C2=NN(c3ccccc3)C(c3ccccc3)C2)CCS(=O)(=O)C1. The normalized spacial score (nSPS) is 26.1. The highest BCUT2D eigenvalue weighted by atomic mass is 32.2. The molecule has 1 amide bonds. The molecule has 1 fully saturated rings. The second kappa shape index (κ2) is 7.05. The van der Waals surface area contributed by atoms with E-state index >= 15 is 0 Å². The largest absolute Gasteiger partial charge is 0.345 e. The molecular weight excluding hydrogens is 374 g/mol. The number of sulfone groups is 1. The van der Waals surface area contributed by atoms with Crippen molar-refractivity contribution in [2.24, 2.45) is 5.10 Å². The molecule has 2 heterocycles. The van der Waals surface area contributed by atoms with Crippen molar-refractivity contribution in [3.8, 4) is 0 Å². The Kier molecular flexibility index (Phi) is 4.71. The van der Waals surface area contributed by atoms with Gasteiger partial charge in [-0.3, -0.25) is 9.80 Å². The van der Waals surface area contributed by atoms with Crippen LogP contribution < -0.4 is 10.3 Å². The summed E-state index contributed by atoms with van der Waals surface area (Å²) in [5.74, 6) is -0.207. The molecule has 2 aliphatic rings. The maximum absolute atomic E-state index is 12.9. The summed E-state index contributed by atoms with van der Waals surface area (Å²) < 4.78 is 23.7. The molecular formula is C21H23N3O3S. The third-order valence-electron chi connectivity index (χ3n) is 5.30. The Balaban J connectivity index is 1.60. The Morgan fingerprint density at radius 2 is 1.75 bits per heavy atom. The van der Waals surface area contributed by atoms with Gasteiger partial charge in [0.05, 0.1) is 28.8 Å². The number of benzene rings is 2. The van der Waals surface area contributed by atoms with Gasteiger partial charge in [-0.15, -0.1) is 0 Å².